The number of carbonyl (C=O) groups is 1. The van der Waals surface area contributed by atoms with Gasteiger partial charge in [-0.05, 0) is 31.5 Å². The molecule has 1 rings (SSSR count). The summed E-state index contributed by atoms with van der Waals surface area (Å²) in [5.41, 5.74) is 5.81. The SMILES string of the molecule is CC(Oc1cccc([C@@H](C)O)c1)C(N)=O. The van der Waals surface area contributed by atoms with Crippen LogP contribution < -0.4 is 10.5 Å². The average molecular weight is 209 g/mol. The summed E-state index contributed by atoms with van der Waals surface area (Å²) in [6, 6.07) is 6.94. The minimum absolute atomic E-state index is 0.516. The molecule has 0 spiro atoms. The van der Waals surface area contributed by atoms with E-state index in [-0.39, 0.29) is 0 Å². The van der Waals surface area contributed by atoms with Crippen molar-refractivity contribution in [2.45, 2.75) is 26.1 Å². The second-order valence-electron chi connectivity index (χ2n) is 3.41. The largest absolute Gasteiger partial charge is 0.481 e. The highest BCUT2D eigenvalue weighted by molar-refractivity contribution is 5.78. The fraction of sp³-hybridized carbons (Fsp3) is 0.364. The van der Waals surface area contributed by atoms with Crippen LogP contribution in [0.3, 0.4) is 0 Å². The van der Waals surface area contributed by atoms with Crippen LogP contribution in [0, 0.1) is 0 Å². The zero-order chi connectivity index (χ0) is 11.4. The number of primary amides is 1. The van der Waals surface area contributed by atoms with Crippen molar-refractivity contribution in [3.8, 4) is 5.75 Å². The molecule has 15 heavy (non-hydrogen) atoms. The van der Waals surface area contributed by atoms with Crippen molar-refractivity contribution in [1.29, 1.82) is 0 Å². The first-order valence-corrected chi connectivity index (χ1v) is 4.74. The number of hydrogen-bond donors (Lipinski definition) is 2. The van der Waals surface area contributed by atoms with Crippen molar-refractivity contribution in [2.24, 2.45) is 5.73 Å². The van der Waals surface area contributed by atoms with Crippen LogP contribution in [0.1, 0.15) is 25.5 Å². The zero-order valence-corrected chi connectivity index (χ0v) is 8.81. The molecule has 1 aromatic rings. The Labute approximate surface area is 88.7 Å². The van der Waals surface area contributed by atoms with E-state index >= 15 is 0 Å². The first kappa shape index (κ1) is 11.5. The maximum Gasteiger partial charge on any atom is 0.258 e. The third kappa shape index (κ3) is 3.25. The number of ether oxygens (including phenoxy) is 1. The van der Waals surface area contributed by atoms with Crippen LogP contribution in [-0.2, 0) is 4.79 Å². The zero-order valence-electron chi connectivity index (χ0n) is 8.81. The Hall–Kier alpha value is -1.55. The summed E-state index contributed by atoms with van der Waals surface area (Å²) in [7, 11) is 0. The molecule has 0 heterocycles. The normalized spacial score (nSPS) is 14.3. The van der Waals surface area contributed by atoms with Gasteiger partial charge >= 0.3 is 0 Å². The van der Waals surface area contributed by atoms with E-state index in [1.165, 1.54) is 0 Å². The summed E-state index contributed by atoms with van der Waals surface area (Å²) < 4.78 is 5.28. The summed E-state index contributed by atoms with van der Waals surface area (Å²) in [6.07, 6.45) is -1.23. The highest BCUT2D eigenvalue weighted by Crippen LogP contribution is 2.19. The van der Waals surface area contributed by atoms with Crippen LogP contribution >= 0.6 is 0 Å². The second-order valence-corrected chi connectivity index (χ2v) is 3.41. The minimum atomic E-state index is -0.672. The lowest BCUT2D eigenvalue weighted by Crippen LogP contribution is -2.30. The first-order valence-electron chi connectivity index (χ1n) is 4.74. The maximum absolute atomic E-state index is 10.8. The molecule has 0 saturated carbocycles. The molecule has 0 aliphatic carbocycles. The third-order valence-corrected chi connectivity index (χ3v) is 2.05. The Kier molecular flexibility index (Phi) is 3.68. The van der Waals surface area contributed by atoms with Gasteiger partial charge in [-0.15, -0.1) is 0 Å². The molecule has 2 atom stereocenters. The van der Waals surface area contributed by atoms with Crippen molar-refractivity contribution in [1.82, 2.24) is 0 Å². The van der Waals surface area contributed by atoms with Crippen LogP contribution in [0.25, 0.3) is 0 Å². The molecule has 0 aromatic heterocycles. The molecule has 0 bridgehead atoms. The number of carbonyl (C=O) groups excluding carboxylic acids is 1. The van der Waals surface area contributed by atoms with E-state index in [0.29, 0.717) is 5.75 Å². The number of benzene rings is 1. The lowest BCUT2D eigenvalue weighted by molar-refractivity contribution is -0.123. The van der Waals surface area contributed by atoms with Crippen LogP contribution in [0.4, 0.5) is 0 Å². The van der Waals surface area contributed by atoms with Gasteiger partial charge < -0.3 is 15.6 Å². The molecule has 0 saturated heterocycles. The fourth-order valence-electron chi connectivity index (χ4n) is 1.11. The number of nitrogens with two attached hydrogens (primary N) is 1. The van der Waals surface area contributed by atoms with Crippen molar-refractivity contribution < 1.29 is 14.6 Å². The van der Waals surface area contributed by atoms with E-state index in [2.05, 4.69) is 0 Å². The maximum atomic E-state index is 10.8. The predicted molar refractivity (Wildman–Crippen MR) is 56.4 cm³/mol. The van der Waals surface area contributed by atoms with E-state index in [1.807, 2.05) is 0 Å². The summed E-state index contributed by atoms with van der Waals surface area (Å²) in [5, 5.41) is 9.34. The van der Waals surface area contributed by atoms with Gasteiger partial charge in [0.1, 0.15) is 5.75 Å². The third-order valence-electron chi connectivity index (χ3n) is 2.05. The van der Waals surface area contributed by atoms with Gasteiger partial charge in [0.15, 0.2) is 6.10 Å². The Morgan fingerprint density at radius 3 is 2.67 bits per heavy atom. The number of aliphatic hydroxyl groups excluding tert-OH is 1. The van der Waals surface area contributed by atoms with Crippen LogP contribution in [0.15, 0.2) is 24.3 Å². The van der Waals surface area contributed by atoms with Crippen LogP contribution in [0.2, 0.25) is 0 Å². The highest BCUT2D eigenvalue weighted by Gasteiger charge is 2.10. The van der Waals surface area contributed by atoms with Gasteiger partial charge in [-0.25, -0.2) is 0 Å². The number of amides is 1. The molecule has 0 aliphatic rings. The van der Waals surface area contributed by atoms with Gasteiger partial charge in [0.05, 0.1) is 6.10 Å². The number of hydrogen-bond acceptors (Lipinski definition) is 3. The minimum Gasteiger partial charge on any atom is -0.481 e. The Morgan fingerprint density at radius 2 is 2.13 bits per heavy atom. The molecule has 82 valence electrons. The van der Waals surface area contributed by atoms with Crippen molar-refractivity contribution >= 4 is 5.91 Å². The molecule has 0 fully saturated rings. The van der Waals surface area contributed by atoms with Crippen molar-refractivity contribution in [3.63, 3.8) is 0 Å². The number of aliphatic hydroxyl groups is 1. The van der Waals surface area contributed by atoms with E-state index in [0.717, 1.165) is 5.56 Å². The molecule has 0 aliphatic heterocycles. The van der Waals surface area contributed by atoms with E-state index in [4.69, 9.17) is 10.5 Å². The molecule has 1 aromatic carbocycles. The Morgan fingerprint density at radius 1 is 1.47 bits per heavy atom. The molecular weight excluding hydrogens is 194 g/mol. The first-order chi connectivity index (χ1) is 7.00. The fourth-order valence-corrected chi connectivity index (χ4v) is 1.11. The van der Waals surface area contributed by atoms with Crippen molar-refractivity contribution in [2.75, 3.05) is 0 Å². The van der Waals surface area contributed by atoms with Gasteiger partial charge in [0.25, 0.3) is 5.91 Å². The second kappa shape index (κ2) is 4.79. The Balaban J connectivity index is 2.78. The molecule has 1 amide bonds. The molecule has 0 radical (unpaired) electrons. The van der Waals surface area contributed by atoms with Crippen LogP contribution in [-0.4, -0.2) is 17.1 Å². The van der Waals surface area contributed by atoms with Gasteiger partial charge in [0, 0.05) is 0 Å². The van der Waals surface area contributed by atoms with Gasteiger partial charge in [-0.2, -0.15) is 0 Å². The molecule has 4 nitrogen and oxygen atoms in total. The lowest BCUT2D eigenvalue weighted by Gasteiger charge is -2.12. The van der Waals surface area contributed by atoms with E-state index in [9.17, 15) is 9.90 Å². The predicted octanol–water partition coefficient (Wildman–Crippen LogP) is 0.992. The van der Waals surface area contributed by atoms with E-state index in [1.54, 1.807) is 38.1 Å². The van der Waals surface area contributed by atoms with Gasteiger partial charge in [-0.3, -0.25) is 4.79 Å². The molecule has 4 heteroatoms. The average Bonchev–Trinajstić information content (AvgIpc) is 2.18. The quantitative estimate of drug-likeness (QED) is 0.776. The van der Waals surface area contributed by atoms with Crippen LogP contribution in [0.5, 0.6) is 5.75 Å². The molecular formula is C11H15NO3. The summed E-state index contributed by atoms with van der Waals surface area (Å²) in [6.45, 7) is 3.24. The van der Waals surface area contributed by atoms with E-state index < -0.39 is 18.1 Å². The molecule has 1 unspecified atom stereocenters. The van der Waals surface area contributed by atoms with Gasteiger partial charge in [0.2, 0.25) is 0 Å². The summed E-state index contributed by atoms with van der Waals surface area (Å²) in [4.78, 5) is 10.8. The van der Waals surface area contributed by atoms with Gasteiger partial charge in [-0.1, -0.05) is 12.1 Å². The summed E-state index contributed by atoms with van der Waals surface area (Å²) >= 11 is 0. The Bertz CT molecular complexity index is 349. The standard InChI is InChI=1S/C11H15NO3/c1-7(13)9-4-3-5-10(6-9)15-8(2)11(12)14/h3-8,13H,1-2H3,(H2,12,14)/t7-,8?/m1/s1. The number of rotatable bonds is 4. The van der Waals surface area contributed by atoms with Crippen molar-refractivity contribution in [3.05, 3.63) is 29.8 Å². The highest BCUT2D eigenvalue weighted by atomic mass is 16.5. The molecule has 3 N–H and O–H groups in total. The lowest BCUT2D eigenvalue weighted by atomic mass is 10.1. The smallest absolute Gasteiger partial charge is 0.258 e. The topological polar surface area (TPSA) is 72.6 Å². The monoisotopic (exact) mass is 209 g/mol. The summed E-state index contributed by atoms with van der Waals surface area (Å²) in [5.74, 6) is 0.0113.